The van der Waals surface area contributed by atoms with Crippen LogP contribution >= 0.6 is 11.3 Å². The molecule has 1 unspecified atom stereocenters. The number of nitrogens with one attached hydrogen (secondary N) is 1. The molecule has 0 spiro atoms. The lowest BCUT2D eigenvalue weighted by molar-refractivity contribution is 0.519. The van der Waals surface area contributed by atoms with Crippen molar-refractivity contribution >= 4 is 11.3 Å². The second kappa shape index (κ2) is 5.38. The summed E-state index contributed by atoms with van der Waals surface area (Å²) in [5.74, 6) is -1.05. The molecule has 0 radical (unpaired) electrons. The summed E-state index contributed by atoms with van der Waals surface area (Å²) in [4.78, 5) is 1.19. The minimum atomic E-state index is -0.545. The van der Waals surface area contributed by atoms with Crippen molar-refractivity contribution < 1.29 is 8.78 Å². The van der Waals surface area contributed by atoms with Crippen LogP contribution in [0.5, 0.6) is 0 Å². The summed E-state index contributed by atoms with van der Waals surface area (Å²) < 4.78 is 26.3. The van der Waals surface area contributed by atoms with Crippen LogP contribution in [0, 0.1) is 11.6 Å². The van der Waals surface area contributed by atoms with Crippen LogP contribution in [0.15, 0.2) is 35.7 Å². The molecule has 90 valence electrons. The van der Waals surface area contributed by atoms with Gasteiger partial charge in [0.25, 0.3) is 0 Å². The first kappa shape index (κ1) is 12.2. The fraction of sp³-hybridized carbons (Fsp3) is 0.231. The van der Waals surface area contributed by atoms with Crippen molar-refractivity contribution in [3.63, 3.8) is 0 Å². The fourth-order valence-corrected chi connectivity index (χ4v) is 2.29. The van der Waals surface area contributed by atoms with Crippen molar-refractivity contribution in [2.24, 2.45) is 0 Å². The van der Waals surface area contributed by atoms with Crippen molar-refractivity contribution in [2.75, 3.05) is 0 Å². The lowest BCUT2D eigenvalue weighted by Crippen LogP contribution is -2.18. The number of rotatable bonds is 4. The first-order valence-corrected chi connectivity index (χ1v) is 6.25. The summed E-state index contributed by atoms with van der Waals surface area (Å²) in [5, 5.41) is 5.21. The van der Waals surface area contributed by atoms with Crippen molar-refractivity contribution in [3.8, 4) is 0 Å². The van der Waals surface area contributed by atoms with Crippen LogP contribution < -0.4 is 5.32 Å². The topological polar surface area (TPSA) is 12.0 Å². The Morgan fingerprint density at radius 3 is 2.76 bits per heavy atom. The van der Waals surface area contributed by atoms with Gasteiger partial charge in [0.15, 0.2) is 0 Å². The Balaban J connectivity index is 2.01. The molecule has 1 aromatic heterocycles. The van der Waals surface area contributed by atoms with Gasteiger partial charge in [-0.15, -0.1) is 11.3 Å². The third kappa shape index (κ3) is 3.11. The molecule has 0 aliphatic carbocycles. The maximum Gasteiger partial charge on any atom is 0.130 e. The van der Waals surface area contributed by atoms with Crippen molar-refractivity contribution in [1.82, 2.24) is 5.32 Å². The van der Waals surface area contributed by atoms with Gasteiger partial charge in [-0.1, -0.05) is 12.1 Å². The van der Waals surface area contributed by atoms with Crippen molar-refractivity contribution in [1.29, 1.82) is 0 Å². The Morgan fingerprint density at radius 1 is 1.29 bits per heavy atom. The quantitative estimate of drug-likeness (QED) is 0.872. The van der Waals surface area contributed by atoms with E-state index in [1.54, 1.807) is 11.3 Å². The normalized spacial score (nSPS) is 12.6. The molecule has 17 heavy (non-hydrogen) atoms. The third-order valence-electron chi connectivity index (χ3n) is 2.59. The molecule has 0 saturated carbocycles. The van der Waals surface area contributed by atoms with Gasteiger partial charge in [0.05, 0.1) is 0 Å². The highest BCUT2D eigenvalue weighted by molar-refractivity contribution is 7.09. The van der Waals surface area contributed by atoms with Gasteiger partial charge in [0.1, 0.15) is 11.6 Å². The zero-order chi connectivity index (χ0) is 12.3. The number of hydrogen-bond donors (Lipinski definition) is 1. The van der Waals surface area contributed by atoms with Crippen molar-refractivity contribution in [2.45, 2.75) is 19.5 Å². The summed E-state index contributed by atoms with van der Waals surface area (Å²) in [7, 11) is 0. The second-order valence-corrected chi connectivity index (χ2v) is 4.88. The van der Waals surface area contributed by atoms with Gasteiger partial charge in [-0.2, -0.15) is 0 Å². The summed E-state index contributed by atoms with van der Waals surface area (Å²) in [5.41, 5.74) is 0.489. The molecule has 1 atom stereocenters. The zero-order valence-corrected chi connectivity index (χ0v) is 10.2. The molecule has 1 N–H and O–H groups in total. The molecule has 2 rings (SSSR count). The minimum absolute atomic E-state index is 0.141. The first-order chi connectivity index (χ1) is 8.16. The highest BCUT2D eigenvalue weighted by Gasteiger charge is 2.11. The summed E-state index contributed by atoms with van der Waals surface area (Å²) in [6.45, 7) is 2.56. The number of hydrogen-bond acceptors (Lipinski definition) is 2. The zero-order valence-electron chi connectivity index (χ0n) is 9.41. The molecule has 2 aromatic rings. The van der Waals surface area contributed by atoms with Crippen molar-refractivity contribution in [3.05, 3.63) is 57.8 Å². The standard InChI is InChI=1S/C13H13F2NS/c1-9(16-8-11-3-2-6-17-11)12-5-4-10(14)7-13(12)15/h2-7,9,16H,8H2,1H3. The summed E-state index contributed by atoms with van der Waals surface area (Å²) in [6.07, 6.45) is 0. The average molecular weight is 253 g/mol. The largest absolute Gasteiger partial charge is 0.305 e. The number of halogens is 2. The molecule has 0 amide bonds. The van der Waals surface area contributed by atoms with E-state index >= 15 is 0 Å². The molecule has 0 fully saturated rings. The minimum Gasteiger partial charge on any atom is -0.305 e. The van der Waals surface area contributed by atoms with E-state index in [0.717, 1.165) is 6.07 Å². The molecule has 0 aliphatic rings. The highest BCUT2D eigenvalue weighted by Crippen LogP contribution is 2.18. The predicted molar refractivity (Wildman–Crippen MR) is 65.9 cm³/mol. The summed E-state index contributed by atoms with van der Waals surface area (Å²) in [6, 6.07) is 7.53. The molecule has 1 heterocycles. The van der Waals surface area contributed by atoms with Gasteiger partial charge in [0, 0.05) is 29.1 Å². The van der Waals surface area contributed by atoms with Crippen LogP contribution in [-0.4, -0.2) is 0 Å². The number of thiophene rings is 1. The Kier molecular flexibility index (Phi) is 3.86. The molecular formula is C13H13F2NS. The van der Waals surface area contributed by atoms with Crippen LogP contribution in [0.3, 0.4) is 0 Å². The predicted octanol–water partition coefficient (Wildman–Crippen LogP) is 3.88. The first-order valence-electron chi connectivity index (χ1n) is 5.37. The smallest absolute Gasteiger partial charge is 0.130 e. The average Bonchev–Trinajstić information content (AvgIpc) is 2.78. The highest BCUT2D eigenvalue weighted by atomic mass is 32.1. The van der Waals surface area contributed by atoms with E-state index in [1.807, 2.05) is 24.4 Å². The molecule has 0 aliphatic heterocycles. The monoisotopic (exact) mass is 253 g/mol. The van der Waals surface area contributed by atoms with Crippen LogP contribution in [0.25, 0.3) is 0 Å². The molecule has 4 heteroatoms. The van der Waals surface area contributed by atoms with E-state index in [0.29, 0.717) is 12.1 Å². The maximum atomic E-state index is 13.5. The van der Waals surface area contributed by atoms with Crippen LogP contribution in [0.4, 0.5) is 8.78 Å². The fourth-order valence-electron chi connectivity index (χ4n) is 1.63. The Labute approximate surface area is 103 Å². The van der Waals surface area contributed by atoms with E-state index in [4.69, 9.17) is 0 Å². The van der Waals surface area contributed by atoms with Gasteiger partial charge >= 0.3 is 0 Å². The lowest BCUT2D eigenvalue weighted by atomic mass is 10.1. The number of benzene rings is 1. The van der Waals surface area contributed by atoms with Gasteiger partial charge < -0.3 is 5.32 Å². The molecular weight excluding hydrogens is 240 g/mol. The van der Waals surface area contributed by atoms with Crippen LogP contribution in [0.2, 0.25) is 0 Å². The van der Waals surface area contributed by atoms with E-state index < -0.39 is 11.6 Å². The van der Waals surface area contributed by atoms with Gasteiger partial charge in [-0.25, -0.2) is 8.78 Å². The maximum absolute atomic E-state index is 13.5. The molecule has 0 bridgehead atoms. The lowest BCUT2D eigenvalue weighted by Gasteiger charge is -2.14. The van der Waals surface area contributed by atoms with Gasteiger partial charge in [0.2, 0.25) is 0 Å². The molecule has 1 aromatic carbocycles. The Hall–Kier alpha value is -1.26. The van der Waals surface area contributed by atoms with Gasteiger partial charge in [-0.3, -0.25) is 0 Å². The van der Waals surface area contributed by atoms with E-state index in [-0.39, 0.29) is 6.04 Å². The second-order valence-electron chi connectivity index (χ2n) is 3.85. The molecule has 0 saturated heterocycles. The van der Waals surface area contributed by atoms with Gasteiger partial charge in [-0.05, 0) is 24.4 Å². The van der Waals surface area contributed by atoms with Crippen LogP contribution in [0.1, 0.15) is 23.4 Å². The molecule has 1 nitrogen and oxygen atoms in total. The Bertz CT molecular complexity index is 482. The SMILES string of the molecule is CC(NCc1cccs1)c1ccc(F)cc1F. The summed E-state index contributed by atoms with van der Waals surface area (Å²) >= 11 is 1.65. The van der Waals surface area contributed by atoms with E-state index in [1.165, 1.54) is 17.0 Å². The van der Waals surface area contributed by atoms with Crippen LogP contribution in [-0.2, 0) is 6.54 Å². The third-order valence-corrected chi connectivity index (χ3v) is 3.47. The van der Waals surface area contributed by atoms with E-state index in [2.05, 4.69) is 5.32 Å². The van der Waals surface area contributed by atoms with E-state index in [9.17, 15) is 8.78 Å². The Morgan fingerprint density at radius 2 is 2.12 bits per heavy atom.